The number of hydrogen-bond donors (Lipinski definition) is 5. The zero-order chi connectivity index (χ0) is 53.9. The molecule has 28 heteroatoms. The normalized spacial score (nSPS) is 23.9. The Labute approximate surface area is 415 Å². The molecule has 2 saturated heterocycles. The summed E-state index contributed by atoms with van der Waals surface area (Å²) in [5.74, 6) is -6.95. The van der Waals surface area contributed by atoms with Crippen molar-refractivity contribution in [2.24, 2.45) is 0 Å². The SMILES string of the molecule is CCC(=O)NC(CCC(=O)NCCOCCOC1OC(COC(C)=O)C(OC(C)=O)C(OC(C)=O)C1NC(C)=O)C(=O)NCCOCCOC1OC(COC(C)=O)C(OC(C)=O)C(OC(C)=O)C1NC(C)=O. The third kappa shape index (κ3) is 23.9. The number of rotatable bonds is 30. The Hall–Kier alpha value is -6.07. The fraction of sp³-hybridized carbons (Fsp3) is 0.750. The number of carbonyl (C=O) groups excluding carboxylic acids is 11. The zero-order valence-corrected chi connectivity index (χ0v) is 41.9. The molecule has 5 N–H and O–H groups in total. The lowest BCUT2D eigenvalue weighted by Gasteiger charge is -2.44. The van der Waals surface area contributed by atoms with Crippen molar-refractivity contribution in [2.45, 2.75) is 149 Å². The lowest BCUT2D eigenvalue weighted by Crippen LogP contribution is -2.66. The van der Waals surface area contributed by atoms with Crippen LogP contribution in [0.2, 0.25) is 0 Å². The highest BCUT2D eigenvalue weighted by Gasteiger charge is 2.52. The van der Waals surface area contributed by atoms with Crippen molar-refractivity contribution in [3.63, 3.8) is 0 Å². The molecular formula is C44H69N5O23. The maximum absolute atomic E-state index is 13.1. The Morgan fingerprint density at radius 1 is 0.486 bits per heavy atom. The molecule has 11 atom stereocenters. The lowest BCUT2D eigenvalue weighted by atomic mass is 9.96. The first-order chi connectivity index (χ1) is 34.0. The molecule has 11 unspecified atom stereocenters. The van der Waals surface area contributed by atoms with Crippen LogP contribution in [0.3, 0.4) is 0 Å². The monoisotopic (exact) mass is 1040 g/mol. The molecule has 2 aliphatic heterocycles. The summed E-state index contributed by atoms with van der Waals surface area (Å²) in [6.07, 6.45) is -10.3. The highest BCUT2D eigenvalue weighted by atomic mass is 16.7. The third-order valence-corrected chi connectivity index (χ3v) is 9.91. The average molecular weight is 1040 g/mol. The highest BCUT2D eigenvalue weighted by Crippen LogP contribution is 2.29. The smallest absolute Gasteiger partial charge is 0.303 e. The first-order valence-electron chi connectivity index (χ1n) is 23.1. The van der Waals surface area contributed by atoms with Crippen molar-refractivity contribution < 1.29 is 110 Å². The Bertz CT molecular complexity index is 1850. The second kappa shape index (κ2) is 32.8. The average Bonchev–Trinajstić information content (AvgIpc) is 3.28. The van der Waals surface area contributed by atoms with E-state index in [-0.39, 0.29) is 72.0 Å². The third-order valence-electron chi connectivity index (χ3n) is 9.91. The van der Waals surface area contributed by atoms with Crippen LogP contribution in [0, 0.1) is 0 Å². The van der Waals surface area contributed by atoms with Crippen molar-refractivity contribution in [1.29, 1.82) is 0 Å². The minimum Gasteiger partial charge on any atom is -0.463 e. The Balaban J connectivity index is 1.88. The molecule has 408 valence electrons. The van der Waals surface area contributed by atoms with Crippen molar-refractivity contribution in [3.05, 3.63) is 0 Å². The van der Waals surface area contributed by atoms with Crippen LogP contribution in [0.4, 0.5) is 0 Å². The molecular weight excluding hydrogens is 966 g/mol. The topological polar surface area (TPSA) is 359 Å². The van der Waals surface area contributed by atoms with Crippen LogP contribution >= 0.6 is 0 Å². The number of amides is 5. The molecule has 2 rings (SSSR count). The molecule has 0 spiro atoms. The van der Waals surface area contributed by atoms with Gasteiger partial charge in [0.2, 0.25) is 29.5 Å². The van der Waals surface area contributed by atoms with Gasteiger partial charge in [-0.1, -0.05) is 6.92 Å². The highest BCUT2D eigenvalue weighted by molar-refractivity contribution is 5.88. The molecule has 0 aliphatic carbocycles. The van der Waals surface area contributed by atoms with Gasteiger partial charge in [0.1, 0.15) is 43.5 Å². The summed E-state index contributed by atoms with van der Waals surface area (Å²) in [6, 6.07) is -3.41. The standard InChI is InChI=1S/C44H69N5O23/c1-10-34(58)49-31(42(60)46-14-16-62-18-20-64-44-37(48-24(3)51)41(70-30(9)57)39(68-28(7)55)33(72-44)22-66-26(5)53)11-12-35(59)45-13-15-61-17-19-63-43-36(47-23(2)50)40(69-29(8)56)38(67-27(6)54)32(71-43)21-65-25(4)52/h31-33,36-41,43-44H,10-22H2,1-9H3,(H,45,59)(H,46,60)(H,47,50)(H,48,51)(H,49,58). The van der Waals surface area contributed by atoms with E-state index in [4.69, 9.17) is 56.8 Å². The number of esters is 6. The van der Waals surface area contributed by atoms with Crippen LogP contribution in [0.25, 0.3) is 0 Å². The van der Waals surface area contributed by atoms with E-state index < -0.39 is 146 Å². The fourth-order valence-electron chi connectivity index (χ4n) is 7.08. The van der Waals surface area contributed by atoms with Crippen molar-refractivity contribution in [1.82, 2.24) is 26.6 Å². The van der Waals surface area contributed by atoms with Gasteiger partial charge in [-0.25, -0.2) is 0 Å². The molecule has 2 fully saturated rings. The van der Waals surface area contributed by atoms with Crippen molar-refractivity contribution >= 4 is 65.4 Å². The number of ether oxygens (including phenoxy) is 12. The molecule has 2 heterocycles. The van der Waals surface area contributed by atoms with Crippen molar-refractivity contribution in [2.75, 3.05) is 65.9 Å². The van der Waals surface area contributed by atoms with Gasteiger partial charge in [-0.3, -0.25) is 52.7 Å². The van der Waals surface area contributed by atoms with Gasteiger partial charge in [-0.15, -0.1) is 0 Å². The first-order valence-corrected chi connectivity index (χ1v) is 23.1. The molecule has 0 saturated carbocycles. The van der Waals surface area contributed by atoms with Crippen LogP contribution < -0.4 is 26.6 Å². The molecule has 28 nitrogen and oxygen atoms in total. The number of hydrogen-bond acceptors (Lipinski definition) is 23. The van der Waals surface area contributed by atoms with E-state index in [1.165, 1.54) is 13.8 Å². The molecule has 0 bridgehead atoms. The maximum Gasteiger partial charge on any atom is 0.303 e. The van der Waals surface area contributed by atoms with Gasteiger partial charge in [0.05, 0.1) is 39.6 Å². The predicted molar refractivity (Wildman–Crippen MR) is 239 cm³/mol. The van der Waals surface area contributed by atoms with E-state index in [2.05, 4.69) is 26.6 Å². The van der Waals surface area contributed by atoms with Gasteiger partial charge in [0, 0.05) is 81.3 Å². The number of nitrogens with one attached hydrogen (secondary N) is 5. The van der Waals surface area contributed by atoms with E-state index in [1.807, 2.05) is 0 Å². The van der Waals surface area contributed by atoms with E-state index in [0.29, 0.717) is 0 Å². The van der Waals surface area contributed by atoms with Gasteiger partial charge < -0.3 is 83.4 Å². The van der Waals surface area contributed by atoms with Crippen LogP contribution in [0.1, 0.15) is 81.6 Å². The summed E-state index contributed by atoms with van der Waals surface area (Å²) in [5.41, 5.74) is 0. The Kier molecular flexibility index (Phi) is 28.3. The molecule has 0 aromatic rings. The first kappa shape index (κ1) is 62.0. The minimum atomic E-state index is -1.31. The molecule has 0 radical (unpaired) electrons. The summed E-state index contributed by atoms with van der Waals surface area (Å²) >= 11 is 0. The second-order valence-electron chi connectivity index (χ2n) is 16.1. The van der Waals surface area contributed by atoms with Crippen LogP contribution in [-0.2, 0) is 110 Å². The van der Waals surface area contributed by atoms with Crippen LogP contribution in [0.5, 0.6) is 0 Å². The van der Waals surface area contributed by atoms with E-state index >= 15 is 0 Å². The summed E-state index contributed by atoms with van der Waals surface area (Å²) in [5, 5.41) is 13.1. The Morgan fingerprint density at radius 2 is 0.889 bits per heavy atom. The van der Waals surface area contributed by atoms with E-state index in [9.17, 15) is 52.7 Å². The van der Waals surface area contributed by atoms with Gasteiger partial charge >= 0.3 is 35.8 Å². The molecule has 0 aromatic carbocycles. The van der Waals surface area contributed by atoms with Gasteiger partial charge in [-0.05, 0) is 6.42 Å². The van der Waals surface area contributed by atoms with Crippen LogP contribution in [-0.4, -0.2) is 199 Å². The summed E-state index contributed by atoms with van der Waals surface area (Å²) in [6.45, 7) is 9.56. The van der Waals surface area contributed by atoms with E-state index in [0.717, 1.165) is 41.5 Å². The van der Waals surface area contributed by atoms with E-state index in [1.54, 1.807) is 6.92 Å². The molecule has 5 amide bonds. The largest absolute Gasteiger partial charge is 0.463 e. The molecule has 0 aromatic heterocycles. The van der Waals surface area contributed by atoms with Gasteiger partial charge in [-0.2, -0.15) is 0 Å². The molecule has 2 aliphatic rings. The van der Waals surface area contributed by atoms with Gasteiger partial charge in [0.25, 0.3) is 0 Å². The zero-order valence-electron chi connectivity index (χ0n) is 41.9. The lowest BCUT2D eigenvalue weighted by molar-refractivity contribution is -0.279. The quantitative estimate of drug-likeness (QED) is 0.0277. The summed E-state index contributed by atoms with van der Waals surface area (Å²) in [7, 11) is 0. The molecule has 72 heavy (non-hydrogen) atoms. The predicted octanol–water partition coefficient (Wildman–Crippen LogP) is -2.73. The summed E-state index contributed by atoms with van der Waals surface area (Å²) < 4.78 is 66.4. The van der Waals surface area contributed by atoms with Crippen molar-refractivity contribution in [3.8, 4) is 0 Å². The van der Waals surface area contributed by atoms with Crippen LogP contribution in [0.15, 0.2) is 0 Å². The second-order valence-corrected chi connectivity index (χ2v) is 16.1. The maximum atomic E-state index is 13.1. The fourth-order valence-corrected chi connectivity index (χ4v) is 7.08. The minimum absolute atomic E-state index is 0.0146. The Morgan fingerprint density at radius 3 is 1.26 bits per heavy atom. The van der Waals surface area contributed by atoms with Gasteiger partial charge in [0.15, 0.2) is 37.0 Å². The number of carbonyl (C=O) groups is 11. The summed E-state index contributed by atoms with van der Waals surface area (Å²) in [4.78, 5) is 134.